The molecule has 1 aliphatic rings. The Balaban J connectivity index is 1.76. The van der Waals surface area contributed by atoms with Crippen LogP contribution in [0.25, 0.3) is 11.3 Å². The second kappa shape index (κ2) is 9.22. The average molecular weight is 428 g/mol. The van der Waals surface area contributed by atoms with Gasteiger partial charge in [0.2, 0.25) is 0 Å². The van der Waals surface area contributed by atoms with Crippen LogP contribution in [0.2, 0.25) is 0 Å². The van der Waals surface area contributed by atoms with Gasteiger partial charge in [0.1, 0.15) is 11.4 Å². The molecule has 1 fully saturated rings. The standard InChI is InChI=1S/C22H29N5O4/c1-22(2,3)31-21(29)27-9-7-26(8-10-27)17-5-6-24-19(14-17)15-11-16(20(28)25-23)13-18(12-15)30-4/h5-6,11-14H,7-10,23H2,1-4H3,(H,25,28). The van der Waals surface area contributed by atoms with Crippen LogP contribution in [0.3, 0.4) is 0 Å². The summed E-state index contributed by atoms with van der Waals surface area (Å²) in [6.07, 6.45) is 1.44. The van der Waals surface area contributed by atoms with Crippen LogP contribution in [-0.4, -0.2) is 60.8 Å². The second-order valence-electron chi connectivity index (χ2n) is 8.28. The van der Waals surface area contributed by atoms with E-state index in [-0.39, 0.29) is 6.09 Å². The van der Waals surface area contributed by atoms with E-state index in [4.69, 9.17) is 15.3 Å². The molecule has 0 atom stereocenters. The second-order valence-corrected chi connectivity index (χ2v) is 8.28. The Morgan fingerprint density at radius 2 is 1.81 bits per heavy atom. The van der Waals surface area contributed by atoms with Gasteiger partial charge in [0.05, 0.1) is 12.8 Å². The van der Waals surface area contributed by atoms with Gasteiger partial charge in [0, 0.05) is 49.2 Å². The summed E-state index contributed by atoms with van der Waals surface area (Å²) in [5.74, 6) is 5.40. The van der Waals surface area contributed by atoms with Crippen LogP contribution >= 0.6 is 0 Å². The number of carbonyl (C=O) groups excluding carboxylic acids is 2. The van der Waals surface area contributed by atoms with Crippen molar-refractivity contribution in [1.29, 1.82) is 0 Å². The molecule has 1 aromatic heterocycles. The molecule has 0 spiro atoms. The highest BCUT2D eigenvalue weighted by molar-refractivity contribution is 5.95. The highest BCUT2D eigenvalue weighted by atomic mass is 16.6. The molecule has 3 N–H and O–H groups in total. The van der Waals surface area contributed by atoms with Crippen LogP contribution in [0, 0.1) is 0 Å². The van der Waals surface area contributed by atoms with Crippen molar-refractivity contribution in [2.24, 2.45) is 5.84 Å². The summed E-state index contributed by atoms with van der Waals surface area (Å²) in [6, 6.07) is 9.05. The molecule has 9 nitrogen and oxygen atoms in total. The molecule has 1 saturated heterocycles. The van der Waals surface area contributed by atoms with Gasteiger partial charge in [-0.05, 0) is 51.1 Å². The molecular formula is C22H29N5O4. The van der Waals surface area contributed by atoms with Crippen molar-refractivity contribution in [3.8, 4) is 17.0 Å². The topological polar surface area (TPSA) is 110 Å². The first-order valence-electron chi connectivity index (χ1n) is 10.1. The van der Waals surface area contributed by atoms with E-state index in [2.05, 4.69) is 15.3 Å². The molecule has 2 amide bonds. The van der Waals surface area contributed by atoms with Gasteiger partial charge < -0.3 is 19.3 Å². The summed E-state index contributed by atoms with van der Waals surface area (Å²) in [7, 11) is 1.54. The summed E-state index contributed by atoms with van der Waals surface area (Å²) in [4.78, 5) is 32.7. The van der Waals surface area contributed by atoms with Crippen molar-refractivity contribution in [2.45, 2.75) is 26.4 Å². The summed E-state index contributed by atoms with van der Waals surface area (Å²) >= 11 is 0. The molecule has 0 radical (unpaired) electrons. The first-order valence-corrected chi connectivity index (χ1v) is 10.1. The number of pyridine rings is 1. The van der Waals surface area contributed by atoms with Crippen molar-refractivity contribution >= 4 is 17.7 Å². The highest BCUT2D eigenvalue weighted by Gasteiger charge is 2.26. The molecule has 166 valence electrons. The molecule has 1 aliphatic heterocycles. The number of amides is 2. The lowest BCUT2D eigenvalue weighted by atomic mass is 10.1. The van der Waals surface area contributed by atoms with E-state index in [1.54, 1.807) is 23.2 Å². The van der Waals surface area contributed by atoms with Gasteiger partial charge in [-0.3, -0.25) is 15.2 Å². The van der Waals surface area contributed by atoms with Gasteiger partial charge in [0.15, 0.2) is 0 Å². The Labute approximate surface area is 182 Å². The van der Waals surface area contributed by atoms with Crippen molar-refractivity contribution in [3.05, 3.63) is 42.1 Å². The molecule has 2 aromatic rings. The number of rotatable bonds is 4. The van der Waals surface area contributed by atoms with Crippen LogP contribution in [0.5, 0.6) is 5.75 Å². The van der Waals surface area contributed by atoms with Crippen molar-refractivity contribution in [3.63, 3.8) is 0 Å². The molecule has 9 heteroatoms. The lowest BCUT2D eigenvalue weighted by molar-refractivity contribution is 0.0240. The van der Waals surface area contributed by atoms with Crippen LogP contribution in [0.4, 0.5) is 10.5 Å². The number of methoxy groups -OCH3 is 1. The number of hydrazine groups is 1. The number of carbonyl (C=O) groups is 2. The zero-order chi connectivity index (χ0) is 22.6. The smallest absolute Gasteiger partial charge is 0.410 e. The van der Waals surface area contributed by atoms with Gasteiger partial charge >= 0.3 is 6.09 Å². The van der Waals surface area contributed by atoms with E-state index in [1.165, 1.54) is 7.11 Å². The first kappa shape index (κ1) is 22.4. The van der Waals surface area contributed by atoms with E-state index in [0.717, 1.165) is 11.3 Å². The highest BCUT2D eigenvalue weighted by Crippen LogP contribution is 2.28. The van der Waals surface area contributed by atoms with Crippen molar-refractivity contribution in [2.75, 3.05) is 38.2 Å². The van der Waals surface area contributed by atoms with Crippen LogP contribution in [0.15, 0.2) is 36.5 Å². The SMILES string of the molecule is COc1cc(C(=O)NN)cc(-c2cc(N3CCN(C(=O)OC(C)(C)C)CC3)ccn2)c1. The largest absolute Gasteiger partial charge is 0.497 e. The van der Waals surface area contributed by atoms with E-state index >= 15 is 0 Å². The Hall–Kier alpha value is -3.33. The minimum Gasteiger partial charge on any atom is -0.497 e. The molecule has 0 aliphatic carbocycles. The predicted molar refractivity (Wildman–Crippen MR) is 118 cm³/mol. The van der Waals surface area contributed by atoms with Gasteiger partial charge in [-0.2, -0.15) is 0 Å². The number of piperazine rings is 1. The summed E-state index contributed by atoms with van der Waals surface area (Å²) in [5, 5.41) is 0. The van der Waals surface area contributed by atoms with Gasteiger partial charge in [-0.15, -0.1) is 0 Å². The van der Waals surface area contributed by atoms with E-state index in [1.807, 2.05) is 39.0 Å². The van der Waals surface area contributed by atoms with Gasteiger partial charge in [0.25, 0.3) is 5.91 Å². The quantitative estimate of drug-likeness (QED) is 0.438. The minimum absolute atomic E-state index is 0.287. The summed E-state index contributed by atoms with van der Waals surface area (Å²) in [5.41, 5.74) is 4.45. The molecule has 31 heavy (non-hydrogen) atoms. The molecule has 0 bridgehead atoms. The third-order valence-corrected chi connectivity index (χ3v) is 4.87. The fourth-order valence-electron chi connectivity index (χ4n) is 3.33. The van der Waals surface area contributed by atoms with Crippen molar-refractivity contribution < 1.29 is 19.1 Å². The lowest BCUT2D eigenvalue weighted by Gasteiger charge is -2.36. The van der Waals surface area contributed by atoms with E-state index in [0.29, 0.717) is 43.2 Å². The van der Waals surface area contributed by atoms with E-state index in [9.17, 15) is 9.59 Å². The first-order chi connectivity index (χ1) is 14.7. The Bertz CT molecular complexity index is 949. The Morgan fingerprint density at radius 3 is 2.42 bits per heavy atom. The molecular weight excluding hydrogens is 398 g/mol. The predicted octanol–water partition coefficient (Wildman–Crippen LogP) is 2.42. The third-order valence-electron chi connectivity index (χ3n) is 4.87. The van der Waals surface area contributed by atoms with E-state index < -0.39 is 11.5 Å². The zero-order valence-corrected chi connectivity index (χ0v) is 18.3. The van der Waals surface area contributed by atoms with Crippen LogP contribution in [0.1, 0.15) is 31.1 Å². The van der Waals surface area contributed by atoms with Crippen LogP contribution in [-0.2, 0) is 4.74 Å². The number of benzene rings is 1. The fourth-order valence-corrected chi connectivity index (χ4v) is 3.33. The maximum atomic E-state index is 12.3. The Kier molecular flexibility index (Phi) is 6.65. The Morgan fingerprint density at radius 1 is 1.10 bits per heavy atom. The maximum absolute atomic E-state index is 12.3. The number of nitrogens with one attached hydrogen (secondary N) is 1. The number of hydrogen-bond acceptors (Lipinski definition) is 7. The number of aromatic nitrogens is 1. The number of hydrogen-bond donors (Lipinski definition) is 2. The number of nitrogens with two attached hydrogens (primary N) is 1. The monoisotopic (exact) mass is 427 g/mol. The molecule has 3 rings (SSSR count). The minimum atomic E-state index is -0.509. The molecule has 1 aromatic carbocycles. The van der Waals surface area contributed by atoms with Gasteiger partial charge in [-0.25, -0.2) is 10.6 Å². The summed E-state index contributed by atoms with van der Waals surface area (Å²) in [6.45, 7) is 8.10. The maximum Gasteiger partial charge on any atom is 0.410 e. The lowest BCUT2D eigenvalue weighted by Crippen LogP contribution is -2.50. The number of ether oxygens (including phenoxy) is 2. The van der Waals surface area contributed by atoms with Crippen LogP contribution < -0.4 is 20.9 Å². The normalized spacial score (nSPS) is 14.2. The number of nitrogen functional groups attached to an aromatic ring is 1. The zero-order valence-electron chi connectivity index (χ0n) is 18.3. The average Bonchev–Trinajstić information content (AvgIpc) is 2.77. The number of anilines is 1. The molecule has 0 saturated carbocycles. The summed E-state index contributed by atoms with van der Waals surface area (Å²) < 4.78 is 10.8. The fraction of sp³-hybridized carbons (Fsp3) is 0.409. The third kappa shape index (κ3) is 5.64. The van der Waals surface area contributed by atoms with Crippen molar-refractivity contribution in [1.82, 2.24) is 15.3 Å². The molecule has 2 heterocycles. The number of nitrogens with zero attached hydrogens (tertiary/aromatic N) is 3. The molecule has 0 unspecified atom stereocenters. The van der Waals surface area contributed by atoms with Gasteiger partial charge in [-0.1, -0.05) is 0 Å².